The van der Waals surface area contributed by atoms with Crippen LogP contribution in [-0.4, -0.2) is 4.50 Å². The molecule has 0 aromatic heterocycles. The Bertz CT molecular complexity index is 248. The van der Waals surface area contributed by atoms with E-state index >= 15 is 0 Å². The van der Waals surface area contributed by atoms with Crippen molar-refractivity contribution in [1.29, 1.82) is 0 Å². The summed E-state index contributed by atoms with van der Waals surface area (Å²) in [7, 11) is 6.26. The molecule has 0 aliphatic heterocycles. The molecule has 0 unspecified atom stereocenters. The summed E-state index contributed by atoms with van der Waals surface area (Å²) < 4.78 is 0.331. The number of nitrogens with zero attached hydrogens (tertiary/aromatic N) is 1. The molecule has 0 aliphatic rings. The molecular weight excluding hydrogens is 201 g/mol. The molecule has 11 heavy (non-hydrogen) atoms. The van der Waals surface area contributed by atoms with Gasteiger partial charge in [-0.05, 0) is 22.8 Å². The first-order chi connectivity index (χ1) is 5.33. The van der Waals surface area contributed by atoms with Crippen LogP contribution in [0.5, 0.6) is 0 Å². The van der Waals surface area contributed by atoms with E-state index in [0.29, 0.717) is 4.50 Å². The van der Waals surface area contributed by atoms with Crippen molar-refractivity contribution in [3.8, 4) is 0 Å². The van der Waals surface area contributed by atoms with Gasteiger partial charge in [-0.25, -0.2) is 4.99 Å². The van der Waals surface area contributed by atoms with Gasteiger partial charge < -0.3 is 0 Å². The van der Waals surface area contributed by atoms with Gasteiger partial charge in [0.2, 0.25) is 0 Å². The number of rotatable bonds is 1. The normalized spacial score (nSPS) is 11.6. The van der Waals surface area contributed by atoms with Crippen molar-refractivity contribution in [2.24, 2.45) is 4.99 Å². The van der Waals surface area contributed by atoms with E-state index in [2.05, 4.69) is 4.99 Å². The Morgan fingerprint density at radius 3 is 2.45 bits per heavy atom. The lowest BCUT2D eigenvalue weighted by Crippen LogP contribution is -1.71. The molecule has 0 N–H and O–H groups in total. The Hall–Kier alpha value is -0.180. The lowest BCUT2D eigenvalue weighted by Gasteiger charge is -1.91. The van der Waals surface area contributed by atoms with Crippen LogP contribution >= 0.6 is 33.3 Å². The standard InChI is InChI=1S/C7H5Cl2NS/c8-7(11-9)10-6-4-2-1-3-5-6/h1-5H/b10-7-. The maximum atomic E-state index is 5.58. The minimum Gasteiger partial charge on any atom is -0.229 e. The summed E-state index contributed by atoms with van der Waals surface area (Å²) >= 11 is 5.58. The van der Waals surface area contributed by atoms with Crippen molar-refractivity contribution in [3.05, 3.63) is 30.3 Å². The highest BCUT2D eigenvalue weighted by molar-refractivity contribution is 8.34. The molecule has 0 saturated heterocycles. The zero-order valence-electron chi connectivity index (χ0n) is 5.50. The fourth-order valence-electron chi connectivity index (χ4n) is 0.621. The minimum absolute atomic E-state index is 0.331. The summed E-state index contributed by atoms with van der Waals surface area (Å²) in [5, 5.41) is 0. The number of benzene rings is 1. The third-order valence-electron chi connectivity index (χ3n) is 1.04. The van der Waals surface area contributed by atoms with Crippen LogP contribution in [0.4, 0.5) is 5.69 Å². The van der Waals surface area contributed by atoms with Gasteiger partial charge in [0.25, 0.3) is 0 Å². The highest BCUT2D eigenvalue weighted by atomic mass is 35.7. The lowest BCUT2D eigenvalue weighted by atomic mass is 10.3. The molecular formula is C7H5Cl2NS. The van der Waals surface area contributed by atoms with Gasteiger partial charge in [0.15, 0.2) is 4.50 Å². The fraction of sp³-hybridized carbons (Fsp3) is 0. The Morgan fingerprint density at radius 1 is 1.27 bits per heavy atom. The van der Waals surface area contributed by atoms with E-state index in [-0.39, 0.29) is 0 Å². The molecule has 1 nitrogen and oxygen atoms in total. The average molecular weight is 206 g/mol. The summed E-state index contributed by atoms with van der Waals surface area (Å²) in [5.41, 5.74) is 0.811. The second kappa shape index (κ2) is 4.65. The Labute approximate surface area is 78.9 Å². The third-order valence-corrected chi connectivity index (χ3v) is 2.25. The first kappa shape index (κ1) is 8.91. The van der Waals surface area contributed by atoms with Crippen LogP contribution in [0.15, 0.2) is 35.3 Å². The van der Waals surface area contributed by atoms with Crippen molar-refractivity contribution in [2.75, 3.05) is 0 Å². The predicted octanol–water partition coefficient (Wildman–Crippen LogP) is 3.80. The second-order valence-electron chi connectivity index (χ2n) is 1.78. The summed E-state index contributed by atoms with van der Waals surface area (Å²) in [6, 6.07) is 9.41. The van der Waals surface area contributed by atoms with Crippen molar-refractivity contribution in [3.63, 3.8) is 0 Å². The van der Waals surface area contributed by atoms with Crippen molar-refractivity contribution in [2.45, 2.75) is 0 Å². The smallest absolute Gasteiger partial charge is 0.178 e. The van der Waals surface area contributed by atoms with Gasteiger partial charge in [0.1, 0.15) is 0 Å². The lowest BCUT2D eigenvalue weighted by molar-refractivity contribution is 1.55. The highest BCUT2D eigenvalue weighted by Crippen LogP contribution is 2.18. The van der Waals surface area contributed by atoms with Gasteiger partial charge in [-0.3, -0.25) is 0 Å². The molecule has 0 aliphatic carbocycles. The third kappa shape index (κ3) is 3.14. The Kier molecular flexibility index (Phi) is 3.77. The van der Waals surface area contributed by atoms with Crippen LogP contribution in [-0.2, 0) is 0 Å². The zero-order chi connectivity index (χ0) is 8.10. The maximum absolute atomic E-state index is 5.58. The maximum Gasteiger partial charge on any atom is 0.178 e. The number of hydrogen-bond donors (Lipinski definition) is 0. The zero-order valence-corrected chi connectivity index (χ0v) is 7.83. The minimum atomic E-state index is 0.331. The molecule has 0 spiro atoms. The van der Waals surface area contributed by atoms with Gasteiger partial charge in [-0.15, -0.1) is 0 Å². The van der Waals surface area contributed by atoms with Gasteiger partial charge in [0.05, 0.1) is 5.69 Å². The summed E-state index contributed by atoms with van der Waals surface area (Å²) in [4.78, 5) is 3.99. The topological polar surface area (TPSA) is 12.4 Å². The Balaban J connectivity index is 2.79. The van der Waals surface area contributed by atoms with E-state index in [9.17, 15) is 0 Å². The molecule has 1 aromatic rings. The van der Waals surface area contributed by atoms with Crippen LogP contribution in [0.2, 0.25) is 0 Å². The SMILES string of the molecule is ClS/C(Cl)=N\c1ccccc1. The average Bonchev–Trinajstić information content (AvgIpc) is 2.06. The van der Waals surface area contributed by atoms with Crippen molar-refractivity contribution < 1.29 is 0 Å². The van der Waals surface area contributed by atoms with Crippen LogP contribution < -0.4 is 0 Å². The largest absolute Gasteiger partial charge is 0.229 e. The van der Waals surface area contributed by atoms with Gasteiger partial charge >= 0.3 is 0 Å². The molecule has 4 heteroatoms. The fourth-order valence-corrected chi connectivity index (χ4v) is 0.962. The van der Waals surface area contributed by atoms with Gasteiger partial charge in [0, 0.05) is 11.0 Å². The molecule has 58 valence electrons. The Morgan fingerprint density at radius 2 is 1.91 bits per heavy atom. The van der Waals surface area contributed by atoms with E-state index in [1.807, 2.05) is 30.3 Å². The van der Waals surface area contributed by atoms with E-state index in [0.717, 1.165) is 16.7 Å². The van der Waals surface area contributed by atoms with Crippen molar-refractivity contribution in [1.82, 2.24) is 0 Å². The first-order valence-electron chi connectivity index (χ1n) is 2.91. The number of hydrogen-bond acceptors (Lipinski definition) is 2. The van der Waals surface area contributed by atoms with Crippen LogP contribution in [0.25, 0.3) is 0 Å². The number of para-hydroxylation sites is 1. The molecule has 0 saturated carbocycles. The van der Waals surface area contributed by atoms with E-state index < -0.39 is 0 Å². The van der Waals surface area contributed by atoms with Crippen LogP contribution in [0, 0.1) is 0 Å². The van der Waals surface area contributed by atoms with E-state index in [1.165, 1.54) is 0 Å². The van der Waals surface area contributed by atoms with Crippen LogP contribution in [0.1, 0.15) is 0 Å². The number of halogens is 2. The van der Waals surface area contributed by atoms with Crippen molar-refractivity contribution >= 4 is 43.4 Å². The molecule has 0 amide bonds. The van der Waals surface area contributed by atoms with Gasteiger partial charge in [-0.1, -0.05) is 29.8 Å². The monoisotopic (exact) mass is 205 g/mol. The molecule has 0 atom stereocenters. The molecule has 1 aromatic carbocycles. The van der Waals surface area contributed by atoms with E-state index in [1.54, 1.807) is 0 Å². The molecule has 0 heterocycles. The van der Waals surface area contributed by atoms with E-state index in [4.69, 9.17) is 22.3 Å². The summed E-state index contributed by atoms with van der Waals surface area (Å²) in [6.07, 6.45) is 0. The summed E-state index contributed by atoms with van der Waals surface area (Å²) in [6.45, 7) is 0. The highest BCUT2D eigenvalue weighted by Gasteiger charge is 1.91. The predicted molar refractivity (Wildman–Crippen MR) is 52.8 cm³/mol. The first-order valence-corrected chi connectivity index (χ1v) is 4.93. The van der Waals surface area contributed by atoms with Crippen LogP contribution in [0.3, 0.4) is 0 Å². The molecule has 0 bridgehead atoms. The summed E-state index contributed by atoms with van der Waals surface area (Å²) in [5.74, 6) is 0. The second-order valence-corrected chi connectivity index (χ2v) is 3.36. The molecule has 0 fully saturated rings. The molecule has 1 rings (SSSR count). The van der Waals surface area contributed by atoms with Gasteiger partial charge in [-0.2, -0.15) is 0 Å². The number of aliphatic imine (C=N–C) groups is 1. The quantitative estimate of drug-likeness (QED) is 0.502. The molecule has 0 radical (unpaired) electrons.